The average Bonchev–Trinajstić information content (AvgIpc) is 2.04. The normalized spacial score (nSPS) is 18.2. The number of hydrogen-bond donors (Lipinski definition) is 1. The smallest absolute Gasteiger partial charge is 0.0386 e. The Morgan fingerprint density at radius 3 is 2.31 bits per heavy atom. The first-order valence-corrected chi connectivity index (χ1v) is 6.67. The van der Waals surface area contributed by atoms with Gasteiger partial charge >= 0.3 is 0 Å². The molecule has 0 aliphatic heterocycles. The molecule has 0 aromatic heterocycles. The largest absolute Gasteiger partial charge is 0.314 e. The minimum Gasteiger partial charge on any atom is -0.314 e. The molecule has 1 N–H and O–H groups in total. The highest BCUT2D eigenvalue weighted by atomic mass is 32.2. The zero-order valence-electron chi connectivity index (χ0n) is 9.30. The van der Waals surface area contributed by atoms with Crippen LogP contribution in [0.15, 0.2) is 0 Å². The molecule has 0 rings (SSSR count). The molecule has 80 valence electrons. The molecule has 0 aromatic carbocycles. The lowest BCUT2D eigenvalue weighted by Crippen LogP contribution is -2.32. The fourth-order valence-electron chi connectivity index (χ4n) is 1.19. The van der Waals surface area contributed by atoms with E-state index in [0.717, 1.165) is 24.5 Å². The van der Waals surface area contributed by atoms with E-state index < -0.39 is 10.8 Å². The first-order valence-electron chi connectivity index (χ1n) is 5.18. The lowest BCUT2D eigenvalue weighted by molar-refractivity contribution is 0.591. The van der Waals surface area contributed by atoms with Gasteiger partial charge in [-0.1, -0.05) is 27.2 Å². The van der Waals surface area contributed by atoms with E-state index in [4.69, 9.17) is 0 Å². The van der Waals surface area contributed by atoms with Crippen molar-refractivity contribution in [3.63, 3.8) is 0 Å². The van der Waals surface area contributed by atoms with Gasteiger partial charge in [-0.3, -0.25) is 4.21 Å². The van der Waals surface area contributed by atoms with E-state index in [2.05, 4.69) is 33.0 Å². The molecule has 0 saturated heterocycles. The van der Waals surface area contributed by atoms with Gasteiger partial charge in [-0.2, -0.15) is 0 Å². The van der Waals surface area contributed by atoms with Crippen LogP contribution in [0.3, 0.4) is 0 Å². The maximum absolute atomic E-state index is 11.6. The molecule has 0 heterocycles. The fourth-order valence-corrected chi connectivity index (χ4v) is 2.87. The standard InChI is InChI=1S/C10H23NOS/c1-5-9(3)7-13(12)8-10(4)11-6-2/h9-11H,5-8H2,1-4H3. The monoisotopic (exact) mass is 205 g/mol. The van der Waals surface area contributed by atoms with Gasteiger partial charge in [0.15, 0.2) is 0 Å². The molecule has 0 amide bonds. The topological polar surface area (TPSA) is 29.1 Å². The van der Waals surface area contributed by atoms with Crippen molar-refractivity contribution in [2.75, 3.05) is 18.1 Å². The lowest BCUT2D eigenvalue weighted by atomic mass is 10.2. The maximum Gasteiger partial charge on any atom is 0.0386 e. The average molecular weight is 205 g/mol. The molecule has 0 radical (unpaired) electrons. The van der Waals surface area contributed by atoms with Crippen molar-refractivity contribution in [3.8, 4) is 0 Å². The third-order valence-electron chi connectivity index (χ3n) is 2.16. The first kappa shape index (κ1) is 13.1. The predicted octanol–water partition coefficient (Wildman–Crippen LogP) is 1.78. The van der Waals surface area contributed by atoms with E-state index in [1.54, 1.807) is 0 Å². The molecule has 0 bridgehead atoms. The molecule has 0 aliphatic carbocycles. The van der Waals surface area contributed by atoms with Gasteiger partial charge < -0.3 is 5.32 Å². The molecule has 2 nitrogen and oxygen atoms in total. The van der Waals surface area contributed by atoms with Crippen molar-refractivity contribution < 1.29 is 4.21 Å². The Hall–Kier alpha value is 0.110. The Kier molecular flexibility index (Phi) is 7.57. The zero-order valence-corrected chi connectivity index (χ0v) is 10.1. The molecule has 13 heavy (non-hydrogen) atoms. The van der Waals surface area contributed by atoms with E-state index in [1.165, 1.54) is 0 Å². The second-order valence-corrected chi connectivity index (χ2v) is 5.29. The SMILES string of the molecule is CCNC(C)CS(=O)CC(C)CC. The van der Waals surface area contributed by atoms with E-state index in [0.29, 0.717) is 12.0 Å². The Bertz CT molecular complexity index is 150. The van der Waals surface area contributed by atoms with E-state index in [1.807, 2.05) is 0 Å². The van der Waals surface area contributed by atoms with Crippen LogP contribution in [0.25, 0.3) is 0 Å². The van der Waals surface area contributed by atoms with Crippen LogP contribution in [-0.4, -0.2) is 28.3 Å². The highest BCUT2D eigenvalue weighted by Crippen LogP contribution is 2.03. The fraction of sp³-hybridized carbons (Fsp3) is 1.00. The second-order valence-electron chi connectivity index (χ2n) is 3.75. The summed E-state index contributed by atoms with van der Waals surface area (Å²) in [6.07, 6.45) is 1.13. The van der Waals surface area contributed by atoms with Gasteiger partial charge in [-0.05, 0) is 19.4 Å². The molecule has 0 aliphatic rings. The van der Waals surface area contributed by atoms with Crippen LogP contribution in [0.4, 0.5) is 0 Å². The Balaban J connectivity index is 3.61. The van der Waals surface area contributed by atoms with E-state index in [-0.39, 0.29) is 0 Å². The van der Waals surface area contributed by atoms with Gasteiger partial charge in [-0.15, -0.1) is 0 Å². The molecular formula is C10H23NOS. The van der Waals surface area contributed by atoms with Crippen molar-refractivity contribution in [1.82, 2.24) is 5.32 Å². The molecule has 3 heteroatoms. The van der Waals surface area contributed by atoms with Crippen LogP contribution in [0.2, 0.25) is 0 Å². The minimum atomic E-state index is -0.644. The summed E-state index contributed by atoms with van der Waals surface area (Å²) in [5.41, 5.74) is 0. The minimum absolute atomic E-state index is 0.384. The van der Waals surface area contributed by atoms with Crippen molar-refractivity contribution in [1.29, 1.82) is 0 Å². The molecule has 0 saturated carbocycles. The van der Waals surface area contributed by atoms with Gasteiger partial charge in [0.05, 0.1) is 0 Å². The van der Waals surface area contributed by atoms with Crippen LogP contribution < -0.4 is 5.32 Å². The van der Waals surface area contributed by atoms with Crippen LogP contribution in [0, 0.1) is 5.92 Å². The summed E-state index contributed by atoms with van der Waals surface area (Å²) in [7, 11) is -0.644. The number of nitrogens with one attached hydrogen (secondary N) is 1. The van der Waals surface area contributed by atoms with Gasteiger partial charge in [0.2, 0.25) is 0 Å². The van der Waals surface area contributed by atoms with Gasteiger partial charge in [-0.25, -0.2) is 0 Å². The summed E-state index contributed by atoms with van der Waals surface area (Å²) in [6.45, 7) is 9.44. The summed E-state index contributed by atoms with van der Waals surface area (Å²) < 4.78 is 11.6. The van der Waals surface area contributed by atoms with Crippen molar-refractivity contribution in [2.45, 2.75) is 40.2 Å². The summed E-state index contributed by atoms with van der Waals surface area (Å²) in [4.78, 5) is 0. The van der Waals surface area contributed by atoms with Crippen LogP contribution in [0.5, 0.6) is 0 Å². The highest BCUT2D eigenvalue weighted by molar-refractivity contribution is 7.85. The molecule has 0 aromatic rings. The third kappa shape index (κ3) is 7.20. The van der Waals surface area contributed by atoms with E-state index in [9.17, 15) is 4.21 Å². The summed E-state index contributed by atoms with van der Waals surface area (Å²) in [5, 5.41) is 3.27. The predicted molar refractivity (Wildman–Crippen MR) is 60.5 cm³/mol. The summed E-state index contributed by atoms with van der Waals surface area (Å²) in [5.74, 6) is 2.24. The summed E-state index contributed by atoms with van der Waals surface area (Å²) >= 11 is 0. The first-order chi connectivity index (χ1) is 6.10. The van der Waals surface area contributed by atoms with Crippen molar-refractivity contribution in [2.24, 2.45) is 5.92 Å². The number of hydrogen-bond acceptors (Lipinski definition) is 2. The lowest BCUT2D eigenvalue weighted by Gasteiger charge is -2.13. The van der Waals surface area contributed by atoms with E-state index >= 15 is 0 Å². The third-order valence-corrected chi connectivity index (χ3v) is 3.97. The Morgan fingerprint density at radius 1 is 1.23 bits per heavy atom. The summed E-state index contributed by atoms with van der Waals surface area (Å²) in [6, 6.07) is 0.384. The second kappa shape index (κ2) is 7.51. The Morgan fingerprint density at radius 2 is 1.85 bits per heavy atom. The maximum atomic E-state index is 11.6. The van der Waals surface area contributed by atoms with Crippen molar-refractivity contribution in [3.05, 3.63) is 0 Å². The van der Waals surface area contributed by atoms with Gasteiger partial charge in [0.25, 0.3) is 0 Å². The van der Waals surface area contributed by atoms with Crippen LogP contribution >= 0.6 is 0 Å². The van der Waals surface area contributed by atoms with Gasteiger partial charge in [0, 0.05) is 28.3 Å². The molecule has 3 atom stereocenters. The molecular weight excluding hydrogens is 182 g/mol. The van der Waals surface area contributed by atoms with Crippen molar-refractivity contribution >= 4 is 10.8 Å². The molecule has 0 fully saturated rings. The quantitative estimate of drug-likeness (QED) is 0.686. The Labute approximate surface area is 84.9 Å². The number of rotatable bonds is 7. The van der Waals surface area contributed by atoms with Gasteiger partial charge in [0.1, 0.15) is 0 Å². The highest BCUT2D eigenvalue weighted by Gasteiger charge is 2.09. The van der Waals surface area contributed by atoms with Crippen LogP contribution in [0.1, 0.15) is 34.1 Å². The zero-order chi connectivity index (χ0) is 10.3. The van der Waals surface area contributed by atoms with Crippen LogP contribution in [-0.2, 0) is 10.8 Å². The molecule has 0 spiro atoms. The molecule has 3 unspecified atom stereocenters.